The zero-order valence-electron chi connectivity index (χ0n) is 14.3. The van der Waals surface area contributed by atoms with Crippen LogP contribution in [0, 0.1) is 0 Å². The van der Waals surface area contributed by atoms with E-state index in [1.165, 1.54) is 18.9 Å². The second-order valence-corrected chi connectivity index (χ2v) is 6.94. The Hall–Kier alpha value is -1.52. The van der Waals surface area contributed by atoms with E-state index in [1.807, 2.05) is 6.92 Å². The van der Waals surface area contributed by atoms with Gasteiger partial charge in [0, 0.05) is 24.0 Å². The SMILES string of the molecule is CCc1cc(=O)oc2c(CN3CCCCC3CC)c(O)c(Cl)cc12. The molecule has 0 saturated carbocycles. The molecule has 4 nitrogen and oxygen atoms in total. The standard InChI is InChI=1S/C19H24ClNO3/c1-3-12-9-17(22)24-19-14(12)10-16(20)18(23)15(19)11-21-8-6-5-7-13(21)4-2/h9-10,13,23H,3-8,11H2,1-2H3. The average molecular weight is 350 g/mol. The summed E-state index contributed by atoms with van der Waals surface area (Å²) in [5.74, 6) is 0.0287. The minimum atomic E-state index is -0.381. The summed E-state index contributed by atoms with van der Waals surface area (Å²) in [7, 11) is 0. The van der Waals surface area contributed by atoms with E-state index in [2.05, 4.69) is 11.8 Å². The van der Waals surface area contributed by atoms with Gasteiger partial charge < -0.3 is 9.52 Å². The number of phenols is 1. The van der Waals surface area contributed by atoms with Crippen LogP contribution in [0.15, 0.2) is 21.3 Å². The van der Waals surface area contributed by atoms with E-state index >= 15 is 0 Å². The number of aromatic hydroxyl groups is 1. The highest BCUT2D eigenvalue weighted by Gasteiger charge is 2.25. The molecule has 2 aromatic rings. The van der Waals surface area contributed by atoms with Crippen LogP contribution in [0.1, 0.15) is 50.7 Å². The Morgan fingerprint density at radius 1 is 1.33 bits per heavy atom. The molecule has 0 bridgehead atoms. The van der Waals surface area contributed by atoms with Crippen molar-refractivity contribution in [1.29, 1.82) is 0 Å². The predicted octanol–water partition coefficient (Wildman–Crippen LogP) is 4.48. The summed E-state index contributed by atoms with van der Waals surface area (Å²) < 4.78 is 5.48. The van der Waals surface area contributed by atoms with E-state index in [0.717, 1.165) is 30.3 Å². The molecule has 3 rings (SSSR count). The number of nitrogens with zero attached hydrogens (tertiary/aromatic N) is 1. The van der Waals surface area contributed by atoms with Gasteiger partial charge in [0.25, 0.3) is 0 Å². The third-order valence-corrected chi connectivity index (χ3v) is 5.39. The quantitative estimate of drug-likeness (QED) is 0.827. The predicted molar refractivity (Wildman–Crippen MR) is 96.9 cm³/mol. The Kier molecular flexibility index (Phi) is 5.16. The van der Waals surface area contributed by atoms with E-state index in [4.69, 9.17) is 16.0 Å². The number of rotatable bonds is 4. The fourth-order valence-electron chi connectivity index (χ4n) is 3.75. The molecule has 130 valence electrons. The number of likely N-dealkylation sites (tertiary alicyclic amines) is 1. The zero-order chi connectivity index (χ0) is 17.3. The number of piperidine rings is 1. The van der Waals surface area contributed by atoms with Gasteiger partial charge in [0.05, 0.1) is 10.6 Å². The number of benzene rings is 1. The van der Waals surface area contributed by atoms with E-state index in [1.54, 1.807) is 6.07 Å². The largest absolute Gasteiger partial charge is 0.506 e. The van der Waals surface area contributed by atoms with Gasteiger partial charge in [-0.3, -0.25) is 4.90 Å². The van der Waals surface area contributed by atoms with Crippen molar-refractivity contribution in [3.63, 3.8) is 0 Å². The van der Waals surface area contributed by atoms with Crippen LogP contribution in [-0.4, -0.2) is 22.6 Å². The zero-order valence-corrected chi connectivity index (χ0v) is 15.0. The van der Waals surface area contributed by atoms with Crippen molar-refractivity contribution in [2.45, 2.75) is 58.5 Å². The number of hydrogen-bond acceptors (Lipinski definition) is 4. The molecule has 2 heterocycles. The number of fused-ring (bicyclic) bond motifs is 1. The summed E-state index contributed by atoms with van der Waals surface area (Å²) in [5.41, 5.74) is 1.62. The van der Waals surface area contributed by atoms with Gasteiger partial charge in [-0.1, -0.05) is 31.9 Å². The molecule has 0 spiro atoms. The molecule has 1 aromatic heterocycles. The maximum absolute atomic E-state index is 11.9. The highest BCUT2D eigenvalue weighted by molar-refractivity contribution is 6.33. The van der Waals surface area contributed by atoms with E-state index in [9.17, 15) is 9.90 Å². The molecule has 24 heavy (non-hydrogen) atoms. The first-order chi connectivity index (χ1) is 11.5. The van der Waals surface area contributed by atoms with Crippen molar-refractivity contribution in [2.24, 2.45) is 0 Å². The summed E-state index contributed by atoms with van der Waals surface area (Å²) in [6, 6.07) is 3.70. The van der Waals surface area contributed by atoms with Crippen LogP contribution in [0.5, 0.6) is 5.75 Å². The van der Waals surface area contributed by atoms with Crippen molar-refractivity contribution in [1.82, 2.24) is 4.90 Å². The molecular formula is C19H24ClNO3. The summed E-state index contributed by atoms with van der Waals surface area (Å²) in [4.78, 5) is 14.3. The Morgan fingerprint density at radius 3 is 2.83 bits per heavy atom. The number of aryl methyl sites for hydroxylation is 1. The monoisotopic (exact) mass is 349 g/mol. The lowest BCUT2D eigenvalue weighted by Gasteiger charge is -2.35. The molecular weight excluding hydrogens is 326 g/mol. The van der Waals surface area contributed by atoms with Crippen molar-refractivity contribution in [2.75, 3.05) is 6.54 Å². The van der Waals surface area contributed by atoms with E-state index in [-0.39, 0.29) is 11.4 Å². The van der Waals surface area contributed by atoms with Gasteiger partial charge in [-0.2, -0.15) is 0 Å². The number of hydrogen-bond donors (Lipinski definition) is 1. The Morgan fingerprint density at radius 2 is 2.12 bits per heavy atom. The number of phenolic OH excluding ortho intramolecular Hbond substituents is 1. The van der Waals surface area contributed by atoms with Crippen LogP contribution in [0.25, 0.3) is 11.0 Å². The fraction of sp³-hybridized carbons (Fsp3) is 0.526. The molecule has 1 saturated heterocycles. The fourth-order valence-corrected chi connectivity index (χ4v) is 3.98. The maximum atomic E-state index is 11.9. The summed E-state index contributed by atoms with van der Waals surface area (Å²) >= 11 is 6.26. The smallest absolute Gasteiger partial charge is 0.336 e. The first-order valence-corrected chi connectivity index (χ1v) is 9.14. The Bertz CT molecular complexity index is 799. The van der Waals surface area contributed by atoms with Crippen molar-refractivity contribution >= 4 is 22.6 Å². The van der Waals surface area contributed by atoms with Gasteiger partial charge in [0.15, 0.2) is 0 Å². The molecule has 0 amide bonds. The van der Waals surface area contributed by atoms with Gasteiger partial charge >= 0.3 is 5.63 Å². The molecule has 0 aliphatic carbocycles. The molecule has 1 aliphatic rings. The summed E-state index contributed by atoms with van der Waals surface area (Å²) in [6.45, 7) is 5.72. The summed E-state index contributed by atoms with van der Waals surface area (Å²) in [5, 5.41) is 11.6. The lowest BCUT2D eigenvalue weighted by Crippen LogP contribution is -2.38. The van der Waals surface area contributed by atoms with Crippen molar-refractivity contribution in [3.8, 4) is 5.75 Å². The van der Waals surface area contributed by atoms with Crippen LogP contribution in [0.4, 0.5) is 0 Å². The molecule has 1 aromatic carbocycles. The topological polar surface area (TPSA) is 53.7 Å². The summed E-state index contributed by atoms with van der Waals surface area (Å²) in [6.07, 6.45) is 5.35. The van der Waals surface area contributed by atoms with Gasteiger partial charge in [0.1, 0.15) is 11.3 Å². The van der Waals surface area contributed by atoms with Gasteiger partial charge in [-0.15, -0.1) is 0 Å². The second kappa shape index (κ2) is 7.16. The molecule has 1 aliphatic heterocycles. The third-order valence-electron chi connectivity index (χ3n) is 5.10. The van der Waals surface area contributed by atoms with E-state index < -0.39 is 0 Å². The lowest BCUT2D eigenvalue weighted by molar-refractivity contribution is 0.135. The number of halogens is 1. The highest BCUT2D eigenvalue weighted by Crippen LogP contribution is 2.37. The normalized spacial score (nSPS) is 19.0. The molecule has 1 unspecified atom stereocenters. The van der Waals surface area contributed by atoms with Gasteiger partial charge in [-0.05, 0) is 43.9 Å². The van der Waals surface area contributed by atoms with Crippen LogP contribution in [0.3, 0.4) is 0 Å². The first-order valence-electron chi connectivity index (χ1n) is 8.76. The van der Waals surface area contributed by atoms with Crippen LogP contribution in [0.2, 0.25) is 5.02 Å². The van der Waals surface area contributed by atoms with Crippen molar-refractivity contribution < 1.29 is 9.52 Å². The van der Waals surface area contributed by atoms with Gasteiger partial charge in [0.2, 0.25) is 0 Å². The van der Waals surface area contributed by atoms with Crippen molar-refractivity contribution in [3.05, 3.63) is 38.7 Å². The minimum absolute atomic E-state index is 0.0287. The maximum Gasteiger partial charge on any atom is 0.336 e. The van der Waals surface area contributed by atoms with Crippen LogP contribution < -0.4 is 5.63 Å². The average Bonchev–Trinajstić information content (AvgIpc) is 2.59. The lowest BCUT2D eigenvalue weighted by atomic mass is 9.98. The first kappa shape index (κ1) is 17.3. The molecule has 0 radical (unpaired) electrons. The third kappa shape index (κ3) is 3.17. The van der Waals surface area contributed by atoms with Crippen LogP contribution >= 0.6 is 11.6 Å². The minimum Gasteiger partial charge on any atom is -0.506 e. The van der Waals surface area contributed by atoms with E-state index in [0.29, 0.717) is 35.2 Å². The second-order valence-electron chi connectivity index (χ2n) is 6.53. The van der Waals surface area contributed by atoms with Gasteiger partial charge in [-0.25, -0.2) is 4.79 Å². The highest BCUT2D eigenvalue weighted by atomic mass is 35.5. The molecule has 1 N–H and O–H groups in total. The molecule has 1 fully saturated rings. The van der Waals surface area contributed by atoms with Crippen LogP contribution in [-0.2, 0) is 13.0 Å². The molecule has 1 atom stereocenters. The molecule has 5 heteroatoms. The Balaban J connectivity index is 2.13. The Labute approximate surface area is 147 Å².